The third-order valence-electron chi connectivity index (χ3n) is 6.92. The van der Waals surface area contributed by atoms with Crippen molar-refractivity contribution in [2.45, 2.75) is 30.9 Å². The summed E-state index contributed by atoms with van der Waals surface area (Å²) in [5, 5.41) is 0. The molecule has 0 radical (unpaired) electrons. The molecule has 3 aromatic carbocycles. The standard InChI is InChI=1S/C24H23BNO3/c1-23-17-10-18-26(23)25(27-21-15-8-9-16-22(21)28-25)29-24(23,19-11-4-2-5-12-19)20-13-6-3-7-14-20/h2-9,11-16H,10,17-18H2,1H3/q-1/t23-/m0/s1. The van der Waals surface area contributed by atoms with Crippen molar-refractivity contribution >= 4 is 6.89 Å². The lowest BCUT2D eigenvalue weighted by Crippen LogP contribution is -2.61. The van der Waals surface area contributed by atoms with E-state index in [4.69, 9.17) is 14.0 Å². The van der Waals surface area contributed by atoms with Gasteiger partial charge in [0, 0.05) is 5.54 Å². The van der Waals surface area contributed by atoms with Gasteiger partial charge in [0.05, 0.1) is 5.60 Å². The highest BCUT2D eigenvalue weighted by atomic mass is 16.8. The van der Waals surface area contributed by atoms with Gasteiger partial charge in [-0.3, -0.25) is 0 Å². The lowest BCUT2D eigenvalue weighted by molar-refractivity contribution is 0.0314. The van der Waals surface area contributed by atoms with Gasteiger partial charge in [-0.2, -0.15) is 0 Å². The van der Waals surface area contributed by atoms with Gasteiger partial charge in [0.2, 0.25) is 0 Å². The predicted molar refractivity (Wildman–Crippen MR) is 113 cm³/mol. The Bertz CT molecular complexity index is 993. The van der Waals surface area contributed by atoms with E-state index in [1.807, 2.05) is 36.4 Å². The van der Waals surface area contributed by atoms with Gasteiger partial charge in [-0.05, 0) is 49.6 Å². The molecule has 6 rings (SSSR count). The number of hydrogen-bond acceptors (Lipinski definition) is 4. The molecule has 0 saturated carbocycles. The number of hydrogen-bond donors (Lipinski definition) is 0. The molecule has 2 fully saturated rings. The van der Waals surface area contributed by atoms with E-state index in [1.165, 1.54) is 0 Å². The van der Waals surface area contributed by atoms with Gasteiger partial charge in [-0.25, -0.2) is 0 Å². The Balaban J connectivity index is 1.60. The summed E-state index contributed by atoms with van der Waals surface area (Å²) >= 11 is 0. The lowest BCUT2D eigenvalue weighted by atomic mass is 9.70. The SMILES string of the molecule is C[C@@]12CCCN1[B-]1(Oc3ccccc3O1)OC2(c1ccccc1)c1ccccc1. The van der Waals surface area contributed by atoms with Crippen molar-refractivity contribution in [1.82, 2.24) is 4.81 Å². The van der Waals surface area contributed by atoms with Crippen molar-refractivity contribution in [3.8, 4) is 11.5 Å². The zero-order valence-electron chi connectivity index (χ0n) is 16.5. The van der Waals surface area contributed by atoms with Crippen molar-refractivity contribution in [3.63, 3.8) is 0 Å². The maximum atomic E-state index is 7.07. The number of benzene rings is 3. The Kier molecular flexibility index (Phi) is 3.47. The molecule has 0 N–H and O–H groups in total. The topological polar surface area (TPSA) is 30.9 Å². The Morgan fingerprint density at radius 2 is 1.28 bits per heavy atom. The molecular formula is C24H23BNO3-. The monoisotopic (exact) mass is 384 g/mol. The minimum absolute atomic E-state index is 0.294. The molecule has 29 heavy (non-hydrogen) atoms. The van der Waals surface area contributed by atoms with E-state index >= 15 is 0 Å². The highest BCUT2D eigenvalue weighted by molar-refractivity contribution is 6.61. The summed E-state index contributed by atoms with van der Waals surface area (Å²) < 4.78 is 20.0. The minimum Gasteiger partial charge on any atom is -0.643 e. The van der Waals surface area contributed by atoms with Gasteiger partial charge in [-0.15, -0.1) is 0 Å². The summed E-state index contributed by atoms with van der Waals surface area (Å²) in [5.41, 5.74) is 1.27. The van der Waals surface area contributed by atoms with Crippen LogP contribution >= 0.6 is 0 Å². The molecule has 3 aromatic rings. The molecule has 0 aliphatic carbocycles. The number of nitrogens with zero attached hydrogens (tertiary/aromatic N) is 1. The maximum absolute atomic E-state index is 7.07. The first-order valence-corrected chi connectivity index (χ1v) is 10.4. The van der Waals surface area contributed by atoms with Crippen LogP contribution in [0.2, 0.25) is 0 Å². The Morgan fingerprint density at radius 3 is 1.83 bits per heavy atom. The molecule has 1 atom stereocenters. The van der Waals surface area contributed by atoms with E-state index in [-0.39, 0.29) is 5.54 Å². The second kappa shape index (κ2) is 5.88. The zero-order valence-corrected chi connectivity index (χ0v) is 16.5. The van der Waals surface area contributed by atoms with Crippen LogP contribution in [0.5, 0.6) is 11.5 Å². The van der Waals surface area contributed by atoms with E-state index < -0.39 is 12.5 Å². The van der Waals surface area contributed by atoms with E-state index in [1.54, 1.807) is 0 Å². The molecule has 0 amide bonds. The molecule has 3 aliphatic rings. The van der Waals surface area contributed by atoms with Crippen molar-refractivity contribution in [2.24, 2.45) is 0 Å². The van der Waals surface area contributed by atoms with Crippen LogP contribution in [0.25, 0.3) is 0 Å². The fourth-order valence-electron chi connectivity index (χ4n) is 5.72. The van der Waals surface area contributed by atoms with Gasteiger partial charge in [0.1, 0.15) is 11.5 Å². The Hall–Kier alpha value is -2.76. The number of rotatable bonds is 2. The van der Waals surface area contributed by atoms with E-state index in [2.05, 4.69) is 60.3 Å². The van der Waals surface area contributed by atoms with Crippen LogP contribution in [0.15, 0.2) is 84.9 Å². The predicted octanol–water partition coefficient (Wildman–Crippen LogP) is 4.72. The lowest BCUT2D eigenvalue weighted by Gasteiger charge is -2.47. The zero-order chi connectivity index (χ0) is 19.5. The first kappa shape index (κ1) is 17.1. The quantitative estimate of drug-likeness (QED) is 0.599. The molecule has 146 valence electrons. The fraction of sp³-hybridized carbons (Fsp3) is 0.250. The molecule has 4 nitrogen and oxygen atoms in total. The maximum Gasteiger partial charge on any atom is 0.582 e. The van der Waals surface area contributed by atoms with Crippen LogP contribution in [0.3, 0.4) is 0 Å². The summed E-state index contributed by atoms with van der Waals surface area (Å²) in [4.78, 5) is 2.34. The van der Waals surface area contributed by atoms with Crippen LogP contribution in [-0.4, -0.2) is 23.8 Å². The highest BCUT2D eigenvalue weighted by Gasteiger charge is 2.70. The molecular weight excluding hydrogens is 361 g/mol. The van der Waals surface area contributed by atoms with E-state index in [9.17, 15) is 0 Å². The van der Waals surface area contributed by atoms with Crippen molar-refractivity contribution in [1.29, 1.82) is 0 Å². The van der Waals surface area contributed by atoms with Crippen LogP contribution in [-0.2, 0) is 10.3 Å². The first-order chi connectivity index (χ1) is 14.2. The van der Waals surface area contributed by atoms with Crippen LogP contribution < -0.4 is 9.31 Å². The first-order valence-electron chi connectivity index (χ1n) is 10.4. The summed E-state index contributed by atoms with van der Waals surface area (Å²) in [7, 11) is 0. The summed E-state index contributed by atoms with van der Waals surface area (Å²) in [6.45, 7) is 1.07. The molecule has 0 aromatic heterocycles. The number of fused-ring (bicyclic) bond motifs is 3. The third-order valence-corrected chi connectivity index (χ3v) is 6.92. The van der Waals surface area contributed by atoms with Gasteiger partial charge >= 0.3 is 6.89 Å². The molecule has 3 heterocycles. The van der Waals surface area contributed by atoms with Crippen molar-refractivity contribution in [2.75, 3.05) is 6.54 Å². The average molecular weight is 384 g/mol. The van der Waals surface area contributed by atoms with Crippen LogP contribution in [0, 0.1) is 0 Å². The van der Waals surface area contributed by atoms with Crippen molar-refractivity contribution < 1.29 is 14.0 Å². The van der Waals surface area contributed by atoms with Crippen molar-refractivity contribution in [3.05, 3.63) is 96.1 Å². The second-order valence-electron chi connectivity index (χ2n) is 8.39. The Labute approximate surface area is 171 Å². The molecule has 2 saturated heterocycles. The fourth-order valence-corrected chi connectivity index (χ4v) is 5.72. The van der Waals surface area contributed by atoms with E-state index in [0.29, 0.717) is 0 Å². The molecule has 3 aliphatic heterocycles. The molecule has 0 bridgehead atoms. The largest absolute Gasteiger partial charge is 0.643 e. The Morgan fingerprint density at radius 1 is 0.759 bits per heavy atom. The summed E-state index contributed by atoms with van der Waals surface area (Å²) in [6.07, 6.45) is 2.08. The summed E-state index contributed by atoms with van der Waals surface area (Å²) in [5.74, 6) is 1.50. The molecule has 0 unspecified atom stereocenters. The second-order valence-corrected chi connectivity index (χ2v) is 8.39. The molecule has 5 heteroatoms. The minimum atomic E-state index is -2.11. The molecule has 1 spiro atoms. The van der Waals surface area contributed by atoms with E-state index in [0.717, 1.165) is 42.0 Å². The summed E-state index contributed by atoms with van der Waals surface area (Å²) in [6, 6.07) is 28.9. The third kappa shape index (κ3) is 2.12. The average Bonchev–Trinajstić information content (AvgIpc) is 3.40. The number of para-hydroxylation sites is 2. The highest BCUT2D eigenvalue weighted by Crippen LogP contribution is 2.60. The van der Waals surface area contributed by atoms with Gasteiger partial charge in [0.25, 0.3) is 0 Å². The van der Waals surface area contributed by atoms with Gasteiger partial charge in [0.15, 0.2) is 0 Å². The van der Waals surface area contributed by atoms with Gasteiger partial charge < -0.3 is 18.8 Å². The normalized spacial score (nSPS) is 26.0. The smallest absolute Gasteiger partial charge is 0.582 e. The van der Waals surface area contributed by atoms with Crippen LogP contribution in [0.1, 0.15) is 30.9 Å². The van der Waals surface area contributed by atoms with Gasteiger partial charge in [-0.1, -0.05) is 72.8 Å². The van der Waals surface area contributed by atoms with Crippen LogP contribution in [0.4, 0.5) is 0 Å².